The van der Waals surface area contributed by atoms with Crippen molar-refractivity contribution in [3.63, 3.8) is 0 Å². The van der Waals surface area contributed by atoms with E-state index in [1.165, 1.54) is 19.2 Å². The predicted molar refractivity (Wildman–Crippen MR) is 106 cm³/mol. The Morgan fingerprint density at radius 1 is 0.939 bits per heavy atom. The van der Waals surface area contributed by atoms with Gasteiger partial charge >= 0.3 is 11.9 Å². The number of carbonyl (C=O) groups excluding carboxylic acids is 2. The third-order valence-corrected chi connectivity index (χ3v) is 4.73. The lowest BCUT2D eigenvalue weighted by molar-refractivity contribution is -0.385. The Morgan fingerprint density at radius 2 is 1.42 bits per heavy atom. The number of benzene rings is 2. The van der Waals surface area contributed by atoms with Gasteiger partial charge in [-0.05, 0) is 24.3 Å². The van der Waals surface area contributed by atoms with Crippen molar-refractivity contribution >= 4 is 23.3 Å². The maximum Gasteiger partial charge on any atom is 0.338 e. The van der Waals surface area contributed by atoms with Crippen LogP contribution in [0.4, 0.5) is 15.8 Å². The predicted octanol–water partition coefficient (Wildman–Crippen LogP) is 2.59. The van der Waals surface area contributed by atoms with Gasteiger partial charge in [0.2, 0.25) is 0 Å². The van der Waals surface area contributed by atoms with Gasteiger partial charge in [-0.1, -0.05) is 0 Å². The van der Waals surface area contributed by atoms with E-state index in [-0.39, 0.29) is 22.5 Å². The molecule has 33 heavy (non-hydrogen) atoms. The summed E-state index contributed by atoms with van der Waals surface area (Å²) < 4.78 is 35.2. The van der Waals surface area contributed by atoms with Crippen molar-refractivity contribution in [3.05, 3.63) is 79.9 Å². The third-order valence-electron chi connectivity index (χ3n) is 4.73. The minimum Gasteiger partial charge on any atom is -0.459 e. The molecule has 4 atom stereocenters. The van der Waals surface area contributed by atoms with Gasteiger partial charge in [-0.15, -0.1) is 0 Å². The van der Waals surface area contributed by atoms with Crippen molar-refractivity contribution in [1.29, 1.82) is 0 Å². The number of non-ortho nitro benzene ring substituents is 2. The van der Waals surface area contributed by atoms with Crippen molar-refractivity contribution in [3.8, 4) is 0 Å². The largest absolute Gasteiger partial charge is 0.459 e. The van der Waals surface area contributed by atoms with Crippen molar-refractivity contribution in [2.75, 3.05) is 13.7 Å². The van der Waals surface area contributed by atoms with Crippen LogP contribution in [0.1, 0.15) is 20.7 Å². The van der Waals surface area contributed by atoms with Crippen molar-refractivity contribution in [2.24, 2.45) is 0 Å². The smallest absolute Gasteiger partial charge is 0.338 e. The Balaban J connectivity index is 1.66. The highest BCUT2D eigenvalue weighted by molar-refractivity contribution is 5.90. The second-order valence-corrected chi connectivity index (χ2v) is 6.80. The Labute approximate surface area is 185 Å². The first-order chi connectivity index (χ1) is 15.7. The number of nitro groups is 2. The van der Waals surface area contributed by atoms with Gasteiger partial charge in [0.05, 0.1) is 21.0 Å². The van der Waals surface area contributed by atoms with Crippen LogP contribution in [0.2, 0.25) is 0 Å². The number of esters is 2. The number of halogens is 1. The number of hydrogen-bond donors (Lipinski definition) is 0. The summed E-state index contributed by atoms with van der Waals surface area (Å²) in [6, 6.07) is 9.12. The molecule has 2 aromatic carbocycles. The fourth-order valence-corrected chi connectivity index (χ4v) is 3.02. The molecule has 0 bridgehead atoms. The average Bonchev–Trinajstić information content (AvgIpc) is 3.11. The first-order valence-corrected chi connectivity index (χ1v) is 9.40. The maximum absolute atomic E-state index is 14.7. The van der Waals surface area contributed by atoms with Crippen LogP contribution in [-0.2, 0) is 18.9 Å². The van der Waals surface area contributed by atoms with Crippen molar-refractivity contribution < 1.29 is 42.8 Å². The van der Waals surface area contributed by atoms with E-state index in [9.17, 15) is 34.2 Å². The second-order valence-electron chi connectivity index (χ2n) is 6.80. The molecule has 13 heteroatoms. The molecule has 2 aromatic rings. The third kappa shape index (κ3) is 5.45. The molecule has 1 heterocycles. The zero-order valence-electron chi connectivity index (χ0n) is 17.0. The van der Waals surface area contributed by atoms with E-state index in [2.05, 4.69) is 0 Å². The Hall–Kier alpha value is -3.97. The van der Waals surface area contributed by atoms with Crippen LogP contribution in [-0.4, -0.2) is 60.2 Å². The van der Waals surface area contributed by atoms with Crippen LogP contribution in [0.5, 0.6) is 0 Å². The van der Waals surface area contributed by atoms with Gasteiger partial charge < -0.3 is 18.9 Å². The minimum atomic E-state index is -1.90. The summed E-state index contributed by atoms with van der Waals surface area (Å²) in [4.78, 5) is 44.8. The molecule has 1 aliphatic rings. The average molecular weight is 464 g/mol. The van der Waals surface area contributed by atoms with Crippen molar-refractivity contribution in [2.45, 2.75) is 24.7 Å². The molecule has 12 nitrogen and oxygen atoms in total. The maximum atomic E-state index is 14.7. The van der Waals surface area contributed by atoms with Gasteiger partial charge in [0.15, 0.2) is 18.6 Å². The van der Waals surface area contributed by atoms with Gasteiger partial charge in [-0.25, -0.2) is 14.0 Å². The SMILES string of the molecule is COC1OC(COC(=O)c2ccc([N+](=O)[O-])cc2)[C@@H](OC(=O)c2ccc([N+](=O)[O-])cc2)[C@@H]1F. The van der Waals surface area contributed by atoms with E-state index in [1.807, 2.05) is 0 Å². The molecule has 2 unspecified atom stereocenters. The zero-order chi connectivity index (χ0) is 24.1. The molecule has 0 aromatic heterocycles. The number of alkyl halides is 1. The number of rotatable bonds is 8. The second kappa shape index (κ2) is 10.1. The van der Waals surface area contributed by atoms with E-state index in [0.29, 0.717) is 0 Å². The van der Waals surface area contributed by atoms with Crippen LogP contribution in [0, 0.1) is 20.2 Å². The van der Waals surface area contributed by atoms with Crippen LogP contribution in [0.25, 0.3) is 0 Å². The summed E-state index contributed by atoms with van der Waals surface area (Å²) in [6.07, 6.45) is -6.00. The fraction of sp³-hybridized carbons (Fsp3) is 0.300. The first-order valence-electron chi connectivity index (χ1n) is 9.40. The standard InChI is InChI=1S/C20H17FN2O10/c1-30-20-16(21)17(33-19(25)12-4-8-14(9-5-12)23(28)29)15(32-20)10-31-18(24)11-2-6-13(7-3-11)22(26)27/h2-9,15-17,20H,10H2,1H3/t15?,16-,17+,20?/m0/s1. The summed E-state index contributed by atoms with van der Waals surface area (Å²) in [5.41, 5.74) is -0.505. The van der Waals surface area contributed by atoms with Gasteiger partial charge in [-0.3, -0.25) is 20.2 Å². The van der Waals surface area contributed by atoms with E-state index in [0.717, 1.165) is 36.4 Å². The number of methoxy groups -OCH3 is 1. The molecule has 0 spiro atoms. The molecular weight excluding hydrogens is 447 g/mol. The Morgan fingerprint density at radius 3 is 1.88 bits per heavy atom. The lowest BCUT2D eigenvalue weighted by Gasteiger charge is -2.19. The summed E-state index contributed by atoms with van der Waals surface area (Å²) in [6.45, 7) is -0.506. The van der Waals surface area contributed by atoms with Crippen LogP contribution < -0.4 is 0 Å². The van der Waals surface area contributed by atoms with Crippen LogP contribution in [0.15, 0.2) is 48.5 Å². The normalized spacial score (nSPS) is 21.9. The van der Waals surface area contributed by atoms with E-state index in [4.69, 9.17) is 18.9 Å². The number of nitro benzene ring substituents is 2. The topological polar surface area (TPSA) is 157 Å². The highest BCUT2D eigenvalue weighted by atomic mass is 19.1. The summed E-state index contributed by atoms with van der Waals surface area (Å²) in [7, 11) is 1.18. The molecule has 174 valence electrons. The van der Waals surface area contributed by atoms with Gasteiger partial charge in [0.25, 0.3) is 11.4 Å². The number of hydrogen-bond acceptors (Lipinski definition) is 10. The zero-order valence-corrected chi connectivity index (χ0v) is 17.0. The van der Waals surface area contributed by atoms with E-state index < -0.39 is 53.1 Å². The van der Waals surface area contributed by atoms with Gasteiger partial charge in [0.1, 0.15) is 12.7 Å². The molecule has 0 amide bonds. The molecule has 1 saturated heterocycles. The molecule has 0 N–H and O–H groups in total. The van der Waals surface area contributed by atoms with Crippen LogP contribution in [0.3, 0.4) is 0 Å². The quantitative estimate of drug-likeness (QED) is 0.323. The number of carbonyl (C=O) groups is 2. The number of nitrogens with zero attached hydrogens (tertiary/aromatic N) is 2. The van der Waals surface area contributed by atoms with Crippen molar-refractivity contribution in [1.82, 2.24) is 0 Å². The van der Waals surface area contributed by atoms with E-state index in [1.54, 1.807) is 0 Å². The lowest BCUT2D eigenvalue weighted by Crippen LogP contribution is -2.37. The first kappa shape index (κ1) is 23.7. The molecule has 0 aliphatic carbocycles. The van der Waals surface area contributed by atoms with E-state index >= 15 is 0 Å². The molecule has 1 fully saturated rings. The Kier molecular flexibility index (Phi) is 7.25. The summed E-state index contributed by atoms with van der Waals surface area (Å²) >= 11 is 0. The highest BCUT2D eigenvalue weighted by Crippen LogP contribution is 2.29. The minimum absolute atomic E-state index is 0.0121. The Bertz CT molecular complexity index is 1040. The molecule has 0 radical (unpaired) electrons. The van der Waals surface area contributed by atoms with Gasteiger partial charge in [-0.2, -0.15) is 0 Å². The lowest BCUT2D eigenvalue weighted by atomic mass is 10.1. The summed E-state index contributed by atoms with van der Waals surface area (Å²) in [5, 5.41) is 21.4. The molecule has 1 aliphatic heterocycles. The fourth-order valence-electron chi connectivity index (χ4n) is 3.02. The molecule has 3 rings (SSSR count). The highest BCUT2D eigenvalue weighted by Gasteiger charge is 2.48. The number of ether oxygens (including phenoxy) is 4. The van der Waals surface area contributed by atoms with Crippen LogP contribution >= 0.6 is 0 Å². The van der Waals surface area contributed by atoms with Gasteiger partial charge in [0, 0.05) is 31.4 Å². The molecule has 0 saturated carbocycles. The molecular formula is C20H17FN2O10. The monoisotopic (exact) mass is 464 g/mol. The summed E-state index contributed by atoms with van der Waals surface area (Å²) in [5.74, 6) is -1.82.